The van der Waals surface area contributed by atoms with Crippen molar-refractivity contribution in [2.24, 2.45) is 0 Å². The van der Waals surface area contributed by atoms with Crippen LogP contribution in [0.15, 0.2) is 24.4 Å². The third kappa shape index (κ3) is 3.98. The smallest absolute Gasteiger partial charge is 0.322 e. The minimum absolute atomic E-state index is 0.141. The molecule has 0 radical (unpaired) electrons. The maximum absolute atomic E-state index is 13.9. The number of aromatic nitrogens is 2. The van der Waals surface area contributed by atoms with Crippen molar-refractivity contribution >= 4 is 0 Å². The summed E-state index contributed by atoms with van der Waals surface area (Å²) < 4.78 is 19.3. The van der Waals surface area contributed by atoms with E-state index in [-0.39, 0.29) is 17.6 Å². The Balaban J connectivity index is 2.15. The first kappa shape index (κ1) is 15.4. The summed E-state index contributed by atoms with van der Waals surface area (Å²) in [6.45, 7) is 8.43. The summed E-state index contributed by atoms with van der Waals surface area (Å²) in [4.78, 5) is 8.42. The summed E-state index contributed by atoms with van der Waals surface area (Å²) in [6.07, 6.45) is 1.71. The maximum Gasteiger partial charge on any atom is 0.322 e. The molecule has 5 heteroatoms. The molecule has 0 saturated heterocycles. The van der Waals surface area contributed by atoms with Crippen molar-refractivity contribution in [3.8, 4) is 11.8 Å². The van der Waals surface area contributed by atoms with Crippen LogP contribution in [-0.2, 0) is 6.54 Å². The van der Waals surface area contributed by atoms with Gasteiger partial charge < -0.3 is 10.1 Å². The van der Waals surface area contributed by atoms with E-state index in [9.17, 15) is 4.39 Å². The highest BCUT2D eigenvalue weighted by atomic mass is 19.1. The van der Waals surface area contributed by atoms with E-state index in [1.165, 1.54) is 0 Å². The van der Waals surface area contributed by atoms with Crippen LogP contribution in [-0.4, -0.2) is 16.0 Å². The van der Waals surface area contributed by atoms with Crippen molar-refractivity contribution < 1.29 is 9.13 Å². The number of hydrogen-bond donors (Lipinski definition) is 1. The lowest BCUT2D eigenvalue weighted by Crippen LogP contribution is -2.22. The van der Waals surface area contributed by atoms with Gasteiger partial charge in [0.05, 0.1) is 0 Å². The lowest BCUT2D eigenvalue weighted by atomic mass is 10.2. The van der Waals surface area contributed by atoms with Crippen molar-refractivity contribution in [2.45, 2.75) is 40.3 Å². The zero-order valence-electron chi connectivity index (χ0n) is 12.8. The van der Waals surface area contributed by atoms with Gasteiger partial charge in [-0.05, 0) is 25.5 Å². The largest absolute Gasteiger partial charge is 0.421 e. The topological polar surface area (TPSA) is 47.0 Å². The Labute approximate surface area is 124 Å². The van der Waals surface area contributed by atoms with Gasteiger partial charge in [0.1, 0.15) is 0 Å². The average Bonchev–Trinajstić information content (AvgIpc) is 2.43. The SMILES string of the molecule is Cc1cccc(Oc2ncc(CNC(C)C)c(C)n2)c1F. The molecule has 1 aromatic carbocycles. The Morgan fingerprint density at radius 3 is 2.71 bits per heavy atom. The number of nitrogens with one attached hydrogen (secondary N) is 1. The molecule has 0 saturated carbocycles. The van der Waals surface area contributed by atoms with Crippen LogP contribution in [0.5, 0.6) is 11.8 Å². The van der Waals surface area contributed by atoms with E-state index in [2.05, 4.69) is 29.1 Å². The fourth-order valence-corrected chi connectivity index (χ4v) is 1.81. The summed E-state index contributed by atoms with van der Waals surface area (Å²) in [5, 5.41) is 3.31. The van der Waals surface area contributed by atoms with Crippen LogP contribution in [0, 0.1) is 19.7 Å². The Morgan fingerprint density at radius 1 is 1.29 bits per heavy atom. The molecule has 0 aliphatic rings. The van der Waals surface area contributed by atoms with Gasteiger partial charge >= 0.3 is 6.01 Å². The number of nitrogens with zero attached hydrogens (tertiary/aromatic N) is 2. The molecule has 1 heterocycles. The fourth-order valence-electron chi connectivity index (χ4n) is 1.81. The predicted octanol–water partition coefficient (Wildman–Crippen LogP) is 3.52. The Hall–Kier alpha value is -2.01. The van der Waals surface area contributed by atoms with Gasteiger partial charge in [0.2, 0.25) is 0 Å². The number of ether oxygens (including phenoxy) is 1. The van der Waals surface area contributed by atoms with E-state index < -0.39 is 0 Å². The summed E-state index contributed by atoms with van der Waals surface area (Å²) in [5.41, 5.74) is 2.35. The second-order valence-electron chi connectivity index (χ2n) is 5.29. The molecule has 21 heavy (non-hydrogen) atoms. The van der Waals surface area contributed by atoms with Gasteiger partial charge in [0.25, 0.3) is 0 Å². The number of rotatable bonds is 5. The standard InChI is InChI=1S/C16H20FN3O/c1-10(2)18-8-13-9-19-16(20-12(13)4)21-14-7-5-6-11(3)15(14)17/h5-7,9-10,18H,8H2,1-4H3. The number of aryl methyl sites for hydroxylation is 2. The molecule has 1 aromatic heterocycles. The van der Waals surface area contributed by atoms with Crippen LogP contribution in [0.1, 0.15) is 30.7 Å². The molecule has 4 nitrogen and oxygen atoms in total. The van der Waals surface area contributed by atoms with Crippen molar-refractivity contribution in [3.05, 3.63) is 47.0 Å². The van der Waals surface area contributed by atoms with E-state index in [0.717, 1.165) is 11.3 Å². The number of halogens is 1. The number of benzene rings is 1. The van der Waals surface area contributed by atoms with Gasteiger partial charge in [-0.15, -0.1) is 0 Å². The summed E-state index contributed by atoms with van der Waals surface area (Å²) in [5.74, 6) is -0.244. The normalized spacial score (nSPS) is 11.0. The van der Waals surface area contributed by atoms with E-state index in [0.29, 0.717) is 18.2 Å². The quantitative estimate of drug-likeness (QED) is 0.915. The van der Waals surface area contributed by atoms with Gasteiger partial charge in [0.15, 0.2) is 11.6 Å². The van der Waals surface area contributed by atoms with Gasteiger partial charge in [-0.1, -0.05) is 26.0 Å². The van der Waals surface area contributed by atoms with Crippen LogP contribution in [0.2, 0.25) is 0 Å². The monoisotopic (exact) mass is 289 g/mol. The van der Waals surface area contributed by atoms with Gasteiger partial charge in [-0.25, -0.2) is 9.37 Å². The zero-order chi connectivity index (χ0) is 15.4. The number of hydrogen-bond acceptors (Lipinski definition) is 4. The minimum Gasteiger partial charge on any atom is -0.421 e. The molecule has 2 rings (SSSR count). The molecule has 112 valence electrons. The zero-order valence-corrected chi connectivity index (χ0v) is 12.8. The molecule has 2 aromatic rings. The molecule has 0 bridgehead atoms. The molecule has 0 aliphatic heterocycles. The van der Waals surface area contributed by atoms with Gasteiger partial charge in [-0.2, -0.15) is 4.98 Å². The van der Waals surface area contributed by atoms with Crippen LogP contribution >= 0.6 is 0 Å². The third-order valence-electron chi connectivity index (χ3n) is 3.12. The first-order chi connectivity index (χ1) is 9.97. The second-order valence-corrected chi connectivity index (χ2v) is 5.29. The molecule has 1 N–H and O–H groups in total. The van der Waals surface area contributed by atoms with E-state index in [1.54, 1.807) is 31.3 Å². The van der Waals surface area contributed by atoms with Crippen molar-refractivity contribution in [2.75, 3.05) is 0 Å². The highest BCUT2D eigenvalue weighted by Crippen LogP contribution is 2.24. The van der Waals surface area contributed by atoms with Crippen molar-refractivity contribution in [1.29, 1.82) is 0 Å². The fraction of sp³-hybridized carbons (Fsp3) is 0.375. The van der Waals surface area contributed by atoms with E-state index >= 15 is 0 Å². The third-order valence-corrected chi connectivity index (χ3v) is 3.12. The summed E-state index contributed by atoms with van der Waals surface area (Å²) in [7, 11) is 0. The van der Waals surface area contributed by atoms with E-state index in [4.69, 9.17) is 4.74 Å². The lowest BCUT2D eigenvalue weighted by molar-refractivity contribution is 0.407. The highest BCUT2D eigenvalue weighted by molar-refractivity contribution is 5.32. The summed E-state index contributed by atoms with van der Waals surface area (Å²) in [6, 6.07) is 5.54. The molecular weight excluding hydrogens is 269 g/mol. The van der Waals surface area contributed by atoms with Crippen molar-refractivity contribution in [1.82, 2.24) is 15.3 Å². The average molecular weight is 289 g/mol. The predicted molar refractivity (Wildman–Crippen MR) is 80.0 cm³/mol. The molecule has 0 fully saturated rings. The van der Waals surface area contributed by atoms with E-state index in [1.807, 2.05) is 6.92 Å². The van der Waals surface area contributed by atoms with Crippen LogP contribution in [0.3, 0.4) is 0 Å². The molecule has 0 amide bonds. The van der Waals surface area contributed by atoms with Crippen LogP contribution < -0.4 is 10.1 Å². The molecule has 0 spiro atoms. The highest BCUT2D eigenvalue weighted by Gasteiger charge is 2.10. The molecular formula is C16H20FN3O. The maximum atomic E-state index is 13.9. The Kier molecular flexibility index (Phi) is 4.85. The van der Waals surface area contributed by atoms with Gasteiger partial charge in [0, 0.05) is 30.0 Å². The van der Waals surface area contributed by atoms with Crippen LogP contribution in [0.25, 0.3) is 0 Å². The van der Waals surface area contributed by atoms with Crippen LogP contribution in [0.4, 0.5) is 4.39 Å². The molecule has 0 unspecified atom stereocenters. The molecule has 0 aliphatic carbocycles. The van der Waals surface area contributed by atoms with Gasteiger partial charge in [-0.3, -0.25) is 0 Å². The molecule has 0 atom stereocenters. The Morgan fingerprint density at radius 2 is 2.05 bits per heavy atom. The Bertz CT molecular complexity index is 629. The minimum atomic E-state index is -0.385. The first-order valence-electron chi connectivity index (χ1n) is 6.96. The summed E-state index contributed by atoms with van der Waals surface area (Å²) >= 11 is 0. The lowest BCUT2D eigenvalue weighted by Gasteiger charge is -2.11. The second kappa shape index (κ2) is 6.63. The van der Waals surface area contributed by atoms with Crippen molar-refractivity contribution in [3.63, 3.8) is 0 Å². The first-order valence-corrected chi connectivity index (χ1v) is 6.96.